The van der Waals surface area contributed by atoms with Gasteiger partial charge in [-0.05, 0) is 42.5 Å². The second-order valence-corrected chi connectivity index (χ2v) is 12.8. The number of aromatic nitrogens is 5. The maximum Gasteiger partial charge on any atom is 0.238 e. The average molecular weight is 654 g/mol. The highest BCUT2D eigenvalue weighted by atomic mass is 16.3. The third-order valence-electron chi connectivity index (χ3n) is 10.00. The van der Waals surface area contributed by atoms with E-state index in [1.807, 2.05) is 60.7 Å². The topological polar surface area (TPSA) is 61.7 Å². The summed E-state index contributed by atoms with van der Waals surface area (Å²) < 4.78 is 10.9. The molecular weight excluding hydrogens is 627 g/mol. The fourth-order valence-corrected chi connectivity index (χ4v) is 7.85. The van der Waals surface area contributed by atoms with Gasteiger partial charge in [0.25, 0.3) is 0 Å². The molecule has 0 aliphatic rings. The van der Waals surface area contributed by atoms with Gasteiger partial charge in [-0.2, -0.15) is 9.97 Å². The first-order chi connectivity index (χ1) is 25.3. The van der Waals surface area contributed by atoms with Crippen LogP contribution in [0.3, 0.4) is 0 Å². The summed E-state index contributed by atoms with van der Waals surface area (Å²) in [5.74, 6) is 1.74. The molecule has 0 radical (unpaired) electrons. The van der Waals surface area contributed by atoms with Crippen LogP contribution < -0.4 is 0 Å². The summed E-state index contributed by atoms with van der Waals surface area (Å²) in [7, 11) is 0. The van der Waals surface area contributed by atoms with Crippen molar-refractivity contribution in [1.29, 1.82) is 0 Å². The van der Waals surface area contributed by atoms with E-state index < -0.39 is 0 Å². The monoisotopic (exact) mass is 653 g/mol. The van der Waals surface area contributed by atoms with E-state index in [1.54, 1.807) is 0 Å². The van der Waals surface area contributed by atoms with E-state index in [4.69, 9.17) is 19.4 Å². The van der Waals surface area contributed by atoms with Crippen LogP contribution in [0.1, 0.15) is 0 Å². The Kier molecular flexibility index (Phi) is 5.86. The number of benzene rings is 7. The van der Waals surface area contributed by atoms with Crippen molar-refractivity contribution in [2.75, 3.05) is 0 Å². The molecule has 11 rings (SSSR count). The van der Waals surface area contributed by atoms with Gasteiger partial charge in [0.05, 0.1) is 27.8 Å². The zero-order valence-electron chi connectivity index (χ0n) is 27.2. The average Bonchev–Trinajstić information content (AvgIpc) is 3.86. The van der Waals surface area contributed by atoms with Crippen LogP contribution in [0.2, 0.25) is 0 Å². The van der Waals surface area contributed by atoms with E-state index in [0.29, 0.717) is 17.6 Å². The van der Waals surface area contributed by atoms with Crippen LogP contribution in [0.4, 0.5) is 0 Å². The van der Waals surface area contributed by atoms with E-state index in [9.17, 15) is 0 Å². The SMILES string of the molecule is c1ccc(-c2nc(-c3cccc4oc5ccccc5c34)nc(-n3c4ccccc4c4c(-n5c6ccccc6c6ccccc65)cccc43)n2)cc1. The lowest BCUT2D eigenvalue weighted by molar-refractivity contribution is 0.669. The molecule has 0 fully saturated rings. The van der Waals surface area contributed by atoms with Crippen LogP contribution in [-0.2, 0) is 0 Å². The van der Waals surface area contributed by atoms with Gasteiger partial charge in [0, 0.05) is 43.4 Å². The van der Waals surface area contributed by atoms with Crippen LogP contribution >= 0.6 is 0 Å². The molecule has 0 N–H and O–H groups in total. The third-order valence-corrected chi connectivity index (χ3v) is 10.00. The van der Waals surface area contributed by atoms with Crippen LogP contribution in [-0.4, -0.2) is 24.1 Å². The van der Waals surface area contributed by atoms with Crippen molar-refractivity contribution in [1.82, 2.24) is 24.1 Å². The number of fused-ring (bicyclic) bond motifs is 9. The van der Waals surface area contributed by atoms with E-state index in [-0.39, 0.29) is 0 Å². The smallest absolute Gasteiger partial charge is 0.238 e. The van der Waals surface area contributed by atoms with Crippen LogP contribution in [0.5, 0.6) is 0 Å². The first-order valence-electron chi connectivity index (χ1n) is 17.0. The molecule has 4 aromatic heterocycles. The number of nitrogens with zero attached hydrogens (tertiary/aromatic N) is 5. The standard InChI is InChI=1S/C45H27N5O/c1-2-14-28(15-3-1)43-46-44(33-20-12-27-40-41(33)32-19-7-11-26-39(32)51-40)48-45(47-43)50-36-23-10-6-18-31(36)42-37(24-13-25-38(42)50)49-34-21-8-4-16-29(34)30-17-5-9-22-35(30)49/h1-27H. The summed E-state index contributed by atoms with van der Waals surface area (Å²) in [6.07, 6.45) is 0. The molecule has 238 valence electrons. The van der Waals surface area contributed by atoms with E-state index >= 15 is 0 Å². The number of hydrogen-bond donors (Lipinski definition) is 0. The minimum atomic E-state index is 0.550. The molecule has 11 aromatic rings. The summed E-state index contributed by atoms with van der Waals surface area (Å²) in [5, 5.41) is 6.72. The summed E-state index contributed by atoms with van der Waals surface area (Å²) in [6, 6.07) is 56.7. The Morgan fingerprint density at radius 3 is 1.71 bits per heavy atom. The van der Waals surface area contributed by atoms with Crippen LogP contribution in [0.25, 0.3) is 100.0 Å². The van der Waals surface area contributed by atoms with Crippen molar-refractivity contribution in [2.45, 2.75) is 0 Å². The summed E-state index contributed by atoms with van der Waals surface area (Å²) >= 11 is 0. The molecule has 0 amide bonds. The summed E-state index contributed by atoms with van der Waals surface area (Å²) in [6.45, 7) is 0. The maximum atomic E-state index is 6.28. The van der Waals surface area contributed by atoms with Gasteiger partial charge in [0.15, 0.2) is 11.6 Å². The molecule has 4 heterocycles. The molecule has 6 nitrogen and oxygen atoms in total. The largest absolute Gasteiger partial charge is 0.456 e. The second kappa shape index (κ2) is 10.7. The van der Waals surface area contributed by atoms with Gasteiger partial charge in [-0.15, -0.1) is 0 Å². The molecule has 6 heteroatoms. The zero-order chi connectivity index (χ0) is 33.5. The Morgan fingerprint density at radius 1 is 0.373 bits per heavy atom. The minimum absolute atomic E-state index is 0.550. The second-order valence-electron chi connectivity index (χ2n) is 12.8. The highest BCUT2D eigenvalue weighted by Crippen LogP contribution is 2.40. The molecule has 51 heavy (non-hydrogen) atoms. The van der Waals surface area contributed by atoms with Gasteiger partial charge >= 0.3 is 0 Å². The third kappa shape index (κ3) is 4.07. The summed E-state index contributed by atoms with van der Waals surface area (Å²) in [4.78, 5) is 15.6. The first kappa shape index (κ1) is 27.9. The summed E-state index contributed by atoms with van der Waals surface area (Å²) in [5.41, 5.74) is 8.90. The molecular formula is C45H27N5O. The Morgan fingerprint density at radius 2 is 0.941 bits per heavy atom. The number of furan rings is 1. The van der Waals surface area contributed by atoms with Crippen molar-refractivity contribution in [3.05, 3.63) is 164 Å². The molecule has 0 spiro atoms. The van der Waals surface area contributed by atoms with E-state index in [1.165, 1.54) is 10.8 Å². The van der Waals surface area contributed by atoms with Crippen molar-refractivity contribution >= 4 is 65.6 Å². The predicted molar refractivity (Wildman–Crippen MR) is 207 cm³/mol. The zero-order valence-corrected chi connectivity index (χ0v) is 27.2. The Balaban J connectivity index is 1.24. The Bertz CT molecular complexity index is 3100. The highest BCUT2D eigenvalue weighted by Gasteiger charge is 2.23. The van der Waals surface area contributed by atoms with Crippen LogP contribution in [0.15, 0.2) is 168 Å². The molecule has 0 bridgehead atoms. The van der Waals surface area contributed by atoms with Gasteiger partial charge in [-0.25, -0.2) is 4.98 Å². The fraction of sp³-hybridized carbons (Fsp3) is 0. The van der Waals surface area contributed by atoms with Gasteiger partial charge < -0.3 is 8.98 Å². The fourth-order valence-electron chi connectivity index (χ4n) is 7.85. The lowest BCUT2D eigenvalue weighted by Crippen LogP contribution is -2.06. The van der Waals surface area contributed by atoms with Crippen molar-refractivity contribution in [3.8, 4) is 34.4 Å². The van der Waals surface area contributed by atoms with Gasteiger partial charge in [0.1, 0.15) is 11.2 Å². The first-order valence-corrected chi connectivity index (χ1v) is 17.0. The molecule has 0 unspecified atom stereocenters. The lowest BCUT2D eigenvalue weighted by atomic mass is 10.1. The quantitative estimate of drug-likeness (QED) is 0.190. The minimum Gasteiger partial charge on any atom is -0.456 e. The normalized spacial score (nSPS) is 11.9. The predicted octanol–water partition coefficient (Wildman–Crippen LogP) is 11.3. The number of hydrogen-bond acceptors (Lipinski definition) is 4. The highest BCUT2D eigenvalue weighted by molar-refractivity contribution is 6.16. The molecule has 0 saturated carbocycles. The maximum absolute atomic E-state index is 6.28. The van der Waals surface area contributed by atoms with E-state index in [2.05, 4.69) is 112 Å². The molecule has 7 aromatic carbocycles. The number of rotatable bonds is 4. The van der Waals surface area contributed by atoms with Crippen molar-refractivity contribution in [2.24, 2.45) is 0 Å². The molecule has 0 aliphatic heterocycles. The molecule has 0 aliphatic carbocycles. The Labute approximate surface area is 291 Å². The van der Waals surface area contributed by atoms with Crippen molar-refractivity contribution in [3.63, 3.8) is 0 Å². The van der Waals surface area contributed by atoms with Crippen LogP contribution in [0, 0.1) is 0 Å². The van der Waals surface area contributed by atoms with Crippen molar-refractivity contribution < 1.29 is 4.42 Å². The van der Waals surface area contributed by atoms with Gasteiger partial charge in [-0.3, -0.25) is 4.57 Å². The lowest BCUT2D eigenvalue weighted by Gasteiger charge is -2.12. The van der Waals surface area contributed by atoms with Gasteiger partial charge in [-0.1, -0.05) is 121 Å². The van der Waals surface area contributed by atoms with E-state index in [0.717, 1.165) is 71.6 Å². The van der Waals surface area contributed by atoms with Gasteiger partial charge in [0.2, 0.25) is 5.95 Å². The number of para-hydroxylation sites is 4. The molecule has 0 atom stereocenters. The Hall–Kier alpha value is -7.05. The molecule has 0 saturated heterocycles.